The Hall–Kier alpha value is -4.54. The van der Waals surface area contributed by atoms with Gasteiger partial charge in [0.25, 0.3) is 5.91 Å². The highest BCUT2D eigenvalue weighted by Gasteiger charge is 2.25. The van der Waals surface area contributed by atoms with Crippen molar-refractivity contribution in [3.8, 4) is 22.8 Å². The van der Waals surface area contributed by atoms with Crippen LogP contribution in [0.4, 0.5) is 5.82 Å². The minimum atomic E-state index is -0.534. The first kappa shape index (κ1) is 25.1. The molecule has 0 bridgehead atoms. The number of nitrogens with two attached hydrogens (primary N) is 1. The first-order chi connectivity index (χ1) is 18.5. The van der Waals surface area contributed by atoms with Crippen molar-refractivity contribution in [2.75, 3.05) is 12.3 Å². The average molecular weight is 515 g/mol. The second-order valence-corrected chi connectivity index (χ2v) is 9.22. The highest BCUT2D eigenvalue weighted by molar-refractivity contribution is 6.02. The molecule has 3 N–H and O–H groups in total. The smallest absolute Gasteiger partial charge is 0.294 e. The van der Waals surface area contributed by atoms with Gasteiger partial charge < -0.3 is 10.5 Å². The SMILES string of the molecule is CCOc1ccc(-c2c(C(=O)NN=C(C)c3ccc(C4CCCCC4)cc3)nnn2-c2nonc2N)cc1. The van der Waals surface area contributed by atoms with Gasteiger partial charge in [-0.2, -0.15) is 9.78 Å². The Bertz CT molecular complexity index is 1420. The third-order valence-electron chi connectivity index (χ3n) is 6.75. The second-order valence-electron chi connectivity index (χ2n) is 9.22. The molecule has 0 spiro atoms. The van der Waals surface area contributed by atoms with Crippen LogP contribution in [0.3, 0.4) is 0 Å². The lowest BCUT2D eigenvalue weighted by Gasteiger charge is -2.22. The standard InChI is InChI=1S/C27H30N8O3/c1-3-37-22-15-13-21(14-16-22)24-23(30-34-35(24)26-25(28)32-38-33-26)27(36)31-29-17(2)18-9-11-20(12-10-18)19-7-5-4-6-8-19/h9-16,19H,3-8H2,1-2H3,(H2,28,32)(H,31,36). The number of ether oxygens (including phenoxy) is 1. The van der Waals surface area contributed by atoms with Crippen LogP contribution in [0.2, 0.25) is 0 Å². The molecule has 0 aliphatic heterocycles. The van der Waals surface area contributed by atoms with Crippen LogP contribution in [0.5, 0.6) is 5.75 Å². The van der Waals surface area contributed by atoms with Crippen molar-refractivity contribution < 1.29 is 14.2 Å². The fourth-order valence-corrected chi connectivity index (χ4v) is 4.74. The van der Waals surface area contributed by atoms with Gasteiger partial charge in [-0.3, -0.25) is 4.79 Å². The van der Waals surface area contributed by atoms with Crippen LogP contribution in [0.1, 0.15) is 73.5 Å². The van der Waals surface area contributed by atoms with Crippen molar-refractivity contribution in [3.63, 3.8) is 0 Å². The van der Waals surface area contributed by atoms with Gasteiger partial charge in [0, 0.05) is 5.56 Å². The molecule has 1 fully saturated rings. The molecular formula is C27H30N8O3. The quantitative estimate of drug-likeness (QED) is 0.258. The molecule has 0 saturated heterocycles. The van der Waals surface area contributed by atoms with Gasteiger partial charge in [-0.15, -0.1) is 5.10 Å². The summed E-state index contributed by atoms with van der Waals surface area (Å²) in [6.45, 7) is 4.29. The number of anilines is 1. The van der Waals surface area contributed by atoms with Crippen LogP contribution in [0.15, 0.2) is 58.3 Å². The lowest BCUT2D eigenvalue weighted by atomic mass is 9.84. The lowest BCUT2D eigenvalue weighted by Crippen LogP contribution is -2.21. The van der Waals surface area contributed by atoms with Crippen LogP contribution in [-0.4, -0.2) is 43.5 Å². The van der Waals surface area contributed by atoms with Crippen molar-refractivity contribution in [2.45, 2.75) is 51.9 Å². The molecule has 4 aromatic rings. The summed E-state index contributed by atoms with van der Waals surface area (Å²) >= 11 is 0. The van der Waals surface area contributed by atoms with E-state index in [1.165, 1.54) is 42.3 Å². The number of amides is 1. The van der Waals surface area contributed by atoms with E-state index in [2.05, 4.69) is 55.4 Å². The lowest BCUT2D eigenvalue weighted by molar-refractivity contribution is 0.0950. The first-order valence-electron chi connectivity index (χ1n) is 12.8. The summed E-state index contributed by atoms with van der Waals surface area (Å²) in [5.41, 5.74) is 12.5. The van der Waals surface area contributed by atoms with E-state index in [1.807, 2.05) is 13.8 Å². The summed E-state index contributed by atoms with van der Waals surface area (Å²) in [6, 6.07) is 15.6. The van der Waals surface area contributed by atoms with Crippen LogP contribution in [0, 0.1) is 0 Å². The van der Waals surface area contributed by atoms with Crippen molar-refractivity contribution in [2.24, 2.45) is 5.10 Å². The summed E-state index contributed by atoms with van der Waals surface area (Å²) in [4.78, 5) is 13.2. The molecule has 1 aliphatic rings. The topological polar surface area (TPSA) is 146 Å². The van der Waals surface area contributed by atoms with E-state index in [0.717, 1.165) is 5.56 Å². The number of carbonyl (C=O) groups is 1. The maximum Gasteiger partial charge on any atom is 0.294 e. The Morgan fingerprint density at radius 3 is 2.50 bits per heavy atom. The predicted molar refractivity (Wildman–Crippen MR) is 142 cm³/mol. The Morgan fingerprint density at radius 1 is 1.11 bits per heavy atom. The fourth-order valence-electron chi connectivity index (χ4n) is 4.74. The third kappa shape index (κ3) is 5.26. The summed E-state index contributed by atoms with van der Waals surface area (Å²) in [5, 5.41) is 19.9. The summed E-state index contributed by atoms with van der Waals surface area (Å²) in [6.07, 6.45) is 6.41. The van der Waals surface area contributed by atoms with Crippen LogP contribution in [-0.2, 0) is 0 Å². The summed E-state index contributed by atoms with van der Waals surface area (Å²) in [7, 11) is 0. The van der Waals surface area contributed by atoms with Crippen LogP contribution in [0.25, 0.3) is 17.1 Å². The number of nitrogens with one attached hydrogen (secondary N) is 1. The number of nitrogens with zero attached hydrogens (tertiary/aromatic N) is 6. The summed E-state index contributed by atoms with van der Waals surface area (Å²) < 4.78 is 11.6. The van der Waals surface area contributed by atoms with E-state index in [4.69, 9.17) is 15.1 Å². The molecular weight excluding hydrogens is 484 g/mol. The summed E-state index contributed by atoms with van der Waals surface area (Å²) in [5.74, 6) is 0.928. The monoisotopic (exact) mass is 514 g/mol. The number of rotatable bonds is 8. The predicted octanol–water partition coefficient (Wildman–Crippen LogP) is 4.50. The first-order valence-corrected chi connectivity index (χ1v) is 12.8. The molecule has 5 rings (SSSR count). The Balaban J connectivity index is 1.39. The number of hydrazone groups is 1. The number of carbonyl (C=O) groups excluding carboxylic acids is 1. The molecule has 2 aromatic carbocycles. The molecule has 0 atom stereocenters. The molecule has 1 aliphatic carbocycles. The molecule has 1 amide bonds. The number of hydrogen-bond acceptors (Lipinski definition) is 9. The van der Waals surface area contributed by atoms with Crippen LogP contribution >= 0.6 is 0 Å². The largest absolute Gasteiger partial charge is 0.494 e. The zero-order valence-electron chi connectivity index (χ0n) is 21.4. The van der Waals surface area contributed by atoms with Gasteiger partial charge in [0.05, 0.1) is 12.3 Å². The molecule has 0 radical (unpaired) electrons. The maximum absolute atomic E-state index is 13.2. The zero-order valence-corrected chi connectivity index (χ0v) is 21.4. The van der Waals surface area contributed by atoms with Gasteiger partial charge >= 0.3 is 0 Å². The van der Waals surface area contributed by atoms with E-state index < -0.39 is 5.91 Å². The van der Waals surface area contributed by atoms with E-state index in [0.29, 0.717) is 35.2 Å². The van der Waals surface area contributed by atoms with Gasteiger partial charge in [0.15, 0.2) is 5.69 Å². The zero-order chi connectivity index (χ0) is 26.5. The molecule has 1 saturated carbocycles. The second kappa shape index (κ2) is 11.2. The van der Waals surface area contributed by atoms with Crippen molar-refractivity contribution >= 4 is 17.4 Å². The maximum atomic E-state index is 13.2. The highest BCUT2D eigenvalue weighted by atomic mass is 16.6. The number of aromatic nitrogens is 5. The number of hydrogen-bond donors (Lipinski definition) is 2. The highest BCUT2D eigenvalue weighted by Crippen LogP contribution is 2.32. The van der Waals surface area contributed by atoms with Crippen molar-refractivity contribution in [1.29, 1.82) is 0 Å². The Labute approximate surface area is 220 Å². The Morgan fingerprint density at radius 2 is 1.84 bits per heavy atom. The minimum absolute atomic E-state index is 0.0135. The normalized spacial score (nSPS) is 14.4. The molecule has 2 aromatic heterocycles. The average Bonchev–Trinajstić information content (AvgIpc) is 3.59. The molecule has 196 valence electrons. The fraction of sp³-hybridized carbons (Fsp3) is 0.333. The van der Waals surface area contributed by atoms with Gasteiger partial charge in [-0.25, -0.2) is 10.1 Å². The number of benzene rings is 2. The van der Waals surface area contributed by atoms with Crippen molar-refractivity contribution in [1.82, 2.24) is 30.7 Å². The number of nitrogen functional groups attached to an aromatic ring is 1. The Kier molecular flexibility index (Phi) is 7.43. The van der Waals surface area contributed by atoms with Crippen LogP contribution < -0.4 is 15.9 Å². The molecule has 11 heteroatoms. The van der Waals surface area contributed by atoms with Gasteiger partial charge in [0.2, 0.25) is 11.6 Å². The molecule has 11 nitrogen and oxygen atoms in total. The van der Waals surface area contributed by atoms with E-state index >= 15 is 0 Å². The minimum Gasteiger partial charge on any atom is -0.494 e. The van der Waals surface area contributed by atoms with Gasteiger partial charge in [0.1, 0.15) is 11.4 Å². The van der Waals surface area contributed by atoms with Gasteiger partial charge in [-0.05, 0) is 78.3 Å². The van der Waals surface area contributed by atoms with E-state index in [-0.39, 0.29) is 17.3 Å². The van der Waals surface area contributed by atoms with Crippen molar-refractivity contribution in [3.05, 3.63) is 65.4 Å². The van der Waals surface area contributed by atoms with E-state index in [9.17, 15) is 4.79 Å². The van der Waals surface area contributed by atoms with Gasteiger partial charge in [-0.1, -0.05) is 48.7 Å². The molecule has 0 unspecified atom stereocenters. The third-order valence-corrected chi connectivity index (χ3v) is 6.75. The molecule has 2 heterocycles. The molecule has 38 heavy (non-hydrogen) atoms. The van der Waals surface area contributed by atoms with E-state index in [1.54, 1.807) is 24.3 Å².